The summed E-state index contributed by atoms with van der Waals surface area (Å²) in [7, 11) is 0. The summed E-state index contributed by atoms with van der Waals surface area (Å²) in [6.07, 6.45) is 0.764. The lowest BCUT2D eigenvalue weighted by Crippen LogP contribution is -2.68. The monoisotopic (exact) mass is 197 g/mol. The SMILES string of the molecule is CC1CC(C)C2C(=O)NC(=O)NC2N1. The number of rotatable bonds is 0. The zero-order valence-electron chi connectivity index (χ0n) is 8.33. The molecule has 0 aromatic heterocycles. The molecule has 2 fully saturated rings. The third-order valence-electron chi connectivity index (χ3n) is 2.99. The van der Waals surface area contributed by atoms with Crippen molar-refractivity contribution >= 4 is 11.9 Å². The highest BCUT2D eigenvalue weighted by Gasteiger charge is 2.42. The van der Waals surface area contributed by atoms with Crippen LogP contribution in [0.1, 0.15) is 20.3 Å². The molecule has 3 N–H and O–H groups in total. The summed E-state index contributed by atoms with van der Waals surface area (Å²) in [6, 6.07) is -0.0532. The van der Waals surface area contributed by atoms with E-state index in [4.69, 9.17) is 0 Å². The van der Waals surface area contributed by atoms with Crippen LogP contribution in [0.15, 0.2) is 0 Å². The van der Waals surface area contributed by atoms with Crippen molar-refractivity contribution in [1.29, 1.82) is 0 Å². The molecule has 5 heteroatoms. The zero-order chi connectivity index (χ0) is 10.3. The van der Waals surface area contributed by atoms with Crippen molar-refractivity contribution in [2.45, 2.75) is 32.5 Å². The van der Waals surface area contributed by atoms with Gasteiger partial charge in [0.25, 0.3) is 0 Å². The summed E-state index contributed by atoms with van der Waals surface area (Å²) in [5.74, 6) is 0.00593. The first kappa shape index (κ1) is 9.45. The molecule has 4 atom stereocenters. The average Bonchev–Trinajstić information content (AvgIpc) is 1.99. The van der Waals surface area contributed by atoms with Gasteiger partial charge in [0.2, 0.25) is 5.91 Å². The molecule has 0 bridgehead atoms. The van der Waals surface area contributed by atoms with Crippen LogP contribution in [0.5, 0.6) is 0 Å². The number of fused-ring (bicyclic) bond motifs is 1. The fourth-order valence-electron chi connectivity index (χ4n) is 2.42. The summed E-state index contributed by atoms with van der Waals surface area (Å²) in [5.41, 5.74) is 0. The predicted octanol–water partition coefficient (Wildman–Crippen LogP) is -0.214. The molecular formula is C9H15N3O2. The molecule has 2 aliphatic heterocycles. The van der Waals surface area contributed by atoms with Gasteiger partial charge in [-0.3, -0.25) is 15.4 Å². The number of carbonyl (C=O) groups excluding carboxylic acids is 2. The van der Waals surface area contributed by atoms with Crippen LogP contribution < -0.4 is 16.0 Å². The van der Waals surface area contributed by atoms with Gasteiger partial charge in [0, 0.05) is 6.04 Å². The first-order valence-corrected chi connectivity index (χ1v) is 4.95. The molecule has 0 radical (unpaired) electrons. The normalized spacial score (nSPS) is 42.4. The lowest BCUT2D eigenvalue weighted by Gasteiger charge is -2.42. The van der Waals surface area contributed by atoms with E-state index in [0.29, 0.717) is 12.0 Å². The van der Waals surface area contributed by atoms with Crippen LogP contribution in [0.25, 0.3) is 0 Å². The number of urea groups is 1. The molecule has 2 saturated heterocycles. The number of hydrogen-bond acceptors (Lipinski definition) is 3. The number of imide groups is 1. The maximum absolute atomic E-state index is 11.5. The summed E-state index contributed by atoms with van der Waals surface area (Å²) >= 11 is 0. The summed E-state index contributed by atoms with van der Waals surface area (Å²) < 4.78 is 0. The lowest BCUT2D eigenvalue weighted by molar-refractivity contribution is -0.129. The Morgan fingerprint density at radius 2 is 2.00 bits per heavy atom. The molecule has 4 unspecified atom stereocenters. The van der Waals surface area contributed by atoms with Gasteiger partial charge in [-0.2, -0.15) is 0 Å². The summed E-state index contributed by atoms with van der Waals surface area (Å²) in [6.45, 7) is 4.11. The van der Waals surface area contributed by atoms with Gasteiger partial charge in [0.05, 0.1) is 12.1 Å². The molecule has 2 heterocycles. The van der Waals surface area contributed by atoms with E-state index < -0.39 is 6.03 Å². The molecule has 14 heavy (non-hydrogen) atoms. The summed E-state index contributed by atoms with van der Waals surface area (Å²) in [4.78, 5) is 22.6. The van der Waals surface area contributed by atoms with E-state index >= 15 is 0 Å². The Bertz CT molecular complexity index is 279. The van der Waals surface area contributed by atoms with Crippen molar-refractivity contribution in [2.75, 3.05) is 0 Å². The predicted molar refractivity (Wildman–Crippen MR) is 50.3 cm³/mol. The van der Waals surface area contributed by atoms with Crippen LogP contribution in [-0.4, -0.2) is 24.1 Å². The van der Waals surface area contributed by atoms with Gasteiger partial charge in [0.15, 0.2) is 0 Å². The van der Waals surface area contributed by atoms with Gasteiger partial charge >= 0.3 is 6.03 Å². The molecule has 0 saturated carbocycles. The Hall–Kier alpha value is -1.10. The first-order valence-electron chi connectivity index (χ1n) is 4.95. The molecule has 2 aliphatic rings. The quantitative estimate of drug-likeness (QED) is 0.503. The topological polar surface area (TPSA) is 70.2 Å². The van der Waals surface area contributed by atoms with E-state index in [0.717, 1.165) is 6.42 Å². The third-order valence-corrected chi connectivity index (χ3v) is 2.99. The molecule has 2 rings (SSSR count). The highest BCUT2D eigenvalue weighted by Crippen LogP contribution is 2.26. The van der Waals surface area contributed by atoms with Crippen molar-refractivity contribution in [3.05, 3.63) is 0 Å². The summed E-state index contributed by atoms with van der Waals surface area (Å²) in [5, 5.41) is 8.24. The van der Waals surface area contributed by atoms with Crippen LogP contribution in [0.2, 0.25) is 0 Å². The Balaban J connectivity index is 2.18. The van der Waals surface area contributed by atoms with E-state index in [2.05, 4.69) is 22.9 Å². The second-order valence-corrected chi connectivity index (χ2v) is 4.25. The van der Waals surface area contributed by atoms with Crippen LogP contribution >= 0.6 is 0 Å². The fourth-order valence-corrected chi connectivity index (χ4v) is 2.42. The number of amides is 3. The Labute approximate surface area is 82.6 Å². The second-order valence-electron chi connectivity index (χ2n) is 4.25. The molecule has 0 aromatic carbocycles. The number of hydrogen-bond donors (Lipinski definition) is 3. The fraction of sp³-hybridized carbons (Fsp3) is 0.778. The van der Waals surface area contributed by atoms with Gasteiger partial charge in [-0.1, -0.05) is 6.92 Å². The van der Waals surface area contributed by atoms with Crippen LogP contribution in [0.3, 0.4) is 0 Å². The molecule has 78 valence electrons. The standard InChI is InChI=1S/C9H15N3O2/c1-4-3-5(2)10-7-6(4)8(13)12-9(14)11-7/h4-7,10H,3H2,1-2H3,(H2,11,12,13,14). The lowest BCUT2D eigenvalue weighted by atomic mass is 9.81. The van der Waals surface area contributed by atoms with Crippen molar-refractivity contribution < 1.29 is 9.59 Å². The van der Waals surface area contributed by atoms with Crippen LogP contribution in [0.4, 0.5) is 4.79 Å². The minimum atomic E-state index is -0.398. The average molecular weight is 197 g/mol. The van der Waals surface area contributed by atoms with Gasteiger partial charge < -0.3 is 5.32 Å². The second kappa shape index (κ2) is 3.24. The Morgan fingerprint density at radius 1 is 1.29 bits per heavy atom. The van der Waals surface area contributed by atoms with Crippen molar-refractivity contribution in [3.63, 3.8) is 0 Å². The smallest absolute Gasteiger partial charge is 0.322 e. The van der Waals surface area contributed by atoms with Crippen molar-refractivity contribution in [1.82, 2.24) is 16.0 Å². The zero-order valence-corrected chi connectivity index (χ0v) is 8.33. The van der Waals surface area contributed by atoms with Crippen molar-refractivity contribution in [3.8, 4) is 0 Å². The maximum atomic E-state index is 11.5. The van der Waals surface area contributed by atoms with Crippen LogP contribution in [0, 0.1) is 11.8 Å². The number of nitrogens with one attached hydrogen (secondary N) is 3. The molecule has 3 amide bonds. The first-order chi connectivity index (χ1) is 6.58. The largest absolute Gasteiger partial charge is 0.322 e. The van der Waals surface area contributed by atoms with E-state index in [-0.39, 0.29) is 18.0 Å². The van der Waals surface area contributed by atoms with E-state index in [1.165, 1.54) is 0 Å². The number of carbonyl (C=O) groups is 2. The van der Waals surface area contributed by atoms with Gasteiger partial charge in [0.1, 0.15) is 0 Å². The Kier molecular flexibility index (Phi) is 2.19. The van der Waals surface area contributed by atoms with Gasteiger partial charge in [-0.05, 0) is 19.3 Å². The highest BCUT2D eigenvalue weighted by atomic mass is 16.2. The maximum Gasteiger partial charge on any atom is 0.322 e. The molecule has 0 aliphatic carbocycles. The molecule has 0 spiro atoms. The van der Waals surface area contributed by atoms with E-state index in [1.807, 2.05) is 6.92 Å². The Morgan fingerprint density at radius 3 is 2.71 bits per heavy atom. The molecular weight excluding hydrogens is 182 g/mol. The van der Waals surface area contributed by atoms with E-state index in [9.17, 15) is 9.59 Å². The minimum Gasteiger partial charge on any atom is -0.322 e. The molecule has 5 nitrogen and oxygen atoms in total. The highest BCUT2D eigenvalue weighted by molar-refractivity contribution is 5.98. The van der Waals surface area contributed by atoms with Crippen molar-refractivity contribution in [2.24, 2.45) is 11.8 Å². The van der Waals surface area contributed by atoms with Crippen LogP contribution in [-0.2, 0) is 4.79 Å². The third kappa shape index (κ3) is 1.48. The van der Waals surface area contributed by atoms with Gasteiger partial charge in [-0.25, -0.2) is 4.79 Å². The molecule has 0 aromatic rings. The van der Waals surface area contributed by atoms with E-state index in [1.54, 1.807) is 0 Å². The number of piperidine rings is 1. The minimum absolute atomic E-state index is 0.135. The van der Waals surface area contributed by atoms with Gasteiger partial charge in [-0.15, -0.1) is 0 Å².